The van der Waals surface area contributed by atoms with Crippen LogP contribution in [-0.2, 0) is 6.42 Å². The third-order valence-corrected chi connectivity index (χ3v) is 2.46. The molecule has 0 heterocycles. The third-order valence-electron chi connectivity index (χ3n) is 2.46. The second-order valence-corrected chi connectivity index (χ2v) is 3.62. The topological polar surface area (TPSA) is 46.2 Å². The average molecular weight is 229 g/mol. The Morgan fingerprint density at radius 2 is 1.35 bits per heavy atom. The van der Waals surface area contributed by atoms with Gasteiger partial charge in [-0.3, -0.25) is 0 Å². The van der Waals surface area contributed by atoms with Crippen LogP contribution >= 0.6 is 0 Å². The van der Waals surface area contributed by atoms with Crippen LogP contribution in [0.25, 0.3) is 0 Å². The largest absolute Gasteiger partial charge is 0.388 e. The number of hydrogen-bond acceptors (Lipinski definition) is 2. The van der Waals surface area contributed by atoms with Crippen LogP contribution in [0.1, 0.15) is 17.2 Å². The van der Waals surface area contributed by atoms with Crippen molar-refractivity contribution in [3.63, 3.8) is 0 Å². The standard InChI is InChI=1S/C14H14O.CH5N/c15-14(13-9-5-2-6-10-13)11-12-7-3-1-4-8-12;1-2/h1-10,14-15H,11H2;2H2,1H3. The minimum Gasteiger partial charge on any atom is -0.388 e. The van der Waals surface area contributed by atoms with Gasteiger partial charge in [0.2, 0.25) is 0 Å². The number of nitrogens with two attached hydrogens (primary N) is 1. The molecule has 0 amide bonds. The highest BCUT2D eigenvalue weighted by atomic mass is 16.3. The lowest BCUT2D eigenvalue weighted by Gasteiger charge is -2.10. The van der Waals surface area contributed by atoms with E-state index in [0.717, 1.165) is 11.1 Å². The van der Waals surface area contributed by atoms with E-state index in [1.807, 2.05) is 60.7 Å². The summed E-state index contributed by atoms with van der Waals surface area (Å²) in [5, 5.41) is 9.97. The summed E-state index contributed by atoms with van der Waals surface area (Å²) in [6.45, 7) is 0. The molecule has 2 heteroatoms. The molecule has 3 N–H and O–H groups in total. The molecular weight excluding hydrogens is 210 g/mol. The van der Waals surface area contributed by atoms with E-state index in [1.54, 1.807) is 0 Å². The predicted molar refractivity (Wildman–Crippen MR) is 71.7 cm³/mol. The zero-order chi connectivity index (χ0) is 12.5. The van der Waals surface area contributed by atoms with Gasteiger partial charge < -0.3 is 10.8 Å². The van der Waals surface area contributed by atoms with Crippen molar-refractivity contribution in [2.45, 2.75) is 12.5 Å². The molecule has 2 aromatic carbocycles. The van der Waals surface area contributed by atoms with Crippen LogP contribution in [0.3, 0.4) is 0 Å². The number of aliphatic hydroxyl groups excluding tert-OH is 1. The van der Waals surface area contributed by atoms with Crippen molar-refractivity contribution < 1.29 is 5.11 Å². The number of aliphatic hydroxyl groups is 1. The highest BCUT2D eigenvalue weighted by Crippen LogP contribution is 2.17. The van der Waals surface area contributed by atoms with Gasteiger partial charge in [0, 0.05) is 6.42 Å². The van der Waals surface area contributed by atoms with Crippen molar-refractivity contribution >= 4 is 0 Å². The number of rotatable bonds is 3. The second-order valence-electron chi connectivity index (χ2n) is 3.62. The van der Waals surface area contributed by atoms with Crippen LogP contribution in [-0.4, -0.2) is 12.2 Å². The summed E-state index contributed by atoms with van der Waals surface area (Å²) in [7, 11) is 1.50. The maximum atomic E-state index is 9.97. The van der Waals surface area contributed by atoms with Crippen LogP contribution < -0.4 is 5.73 Å². The minimum absolute atomic E-state index is 0.409. The second kappa shape index (κ2) is 7.60. The lowest BCUT2D eigenvalue weighted by molar-refractivity contribution is 0.178. The Bertz CT molecular complexity index is 400. The maximum absolute atomic E-state index is 9.97. The highest BCUT2D eigenvalue weighted by molar-refractivity contribution is 5.22. The molecule has 0 saturated carbocycles. The normalized spacial score (nSPS) is 11.2. The van der Waals surface area contributed by atoms with E-state index >= 15 is 0 Å². The Hall–Kier alpha value is -1.64. The molecule has 2 rings (SSSR count). The lowest BCUT2D eigenvalue weighted by Crippen LogP contribution is -2.01. The Morgan fingerprint density at radius 3 is 1.88 bits per heavy atom. The van der Waals surface area contributed by atoms with Crippen molar-refractivity contribution in [2.75, 3.05) is 7.05 Å². The van der Waals surface area contributed by atoms with Gasteiger partial charge >= 0.3 is 0 Å². The zero-order valence-corrected chi connectivity index (χ0v) is 10.1. The van der Waals surface area contributed by atoms with Crippen LogP contribution in [0.15, 0.2) is 60.7 Å². The molecule has 0 saturated heterocycles. The SMILES string of the molecule is CN.OC(Cc1ccccc1)c1ccccc1. The smallest absolute Gasteiger partial charge is 0.0830 e. The third kappa shape index (κ3) is 4.39. The molecule has 0 spiro atoms. The van der Waals surface area contributed by atoms with Crippen molar-refractivity contribution in [1.29, 1.82) is 0 Å². The Kier molecular flexibility index (Phi) is 6.00. The molecule has 0 aliphatic carbocycles. The molecule has 1 unspecified atom stereocenters. The van der Waals surface area contributed by atoms with Gasteiger partial charge in [-0.15, -0.1) is 0 Å². The Labute approximate surface area is 103 Å². The first-order valence-corrected chi connectivity index (χ1v) is 5.71. The van der Waals surface area contributed by atoms with Crippen molar-refractivity contribution in [2.24, 2.45) is 5.73 Å². The molecule has 0 fully saturated rings. The summed E-state index contributed by atoms with van der Waals surface area (Å²) < 4.78 is 0. The molecule has 0 aromatic heterocycles. The van der Waals surface area contributed by atoms with E-state index in [9.17, 15) is 5.11 Å². The fourth-order valence-electron chi connectivity index (χ4n) is 1.63. The number of hydrogen-bond donors (Lipinski definition) is 2. The predicted octanol–water partition coefficient (Wildman–Crippen LogP) is 2.54. The first-order valence-electron chi connectivity index (χ1n) is 5.71. The van der Waals surface area contributed by atoms with Gasteiger partial charge in [-0.25, -0.2) is 0 Å². The molecule has 0 aliphatic rings. The van der Waals surface area contributed by atoms with Crippen molar-refractivity contribution in [1.82, 2.24) is 0 Å². The first kappa shape index (κ1) is 13.4. The maximum Gasteiger partial charge on any atom is 0.0830 e. The molecule has 2 nitrogen and oxygen atoms in total. The molecule has 0 aliphatic heterocycles. The molecule has 0 bridgehead atoms. The lowest BCUT2D eigenvalue weighted by atomic mass is 10.0. The quantitative estimate of drug-likeness (QED) is 0.849. The fourth-order valence-corrected chi connectivity index (χ4v) is 1.63. The Morgan fingerprint density at radius 1 is 0.882 bits per heavy atom. The Balaban J connectivity index is 0.000000686. The summed E-state index contributed by atoms with van der Waals surface area (Å²) >= 11 is 0. The van der Waals surface area contributed by atoms with E-state index in [1.165, 1.54) is 7.05 Å². The molecule has 0 radical (unpaired) electrons. The van der Waals surface area contributed by atoms with Crippen LogP contribution in [0.2, 0.25) is 0 Å². The molecule has 1 atom stereocenters. The zero-order valence-electron chi connectivity index (χ0n) is 10.1. The van der Waals surface area contributed by atoms with Gasteiger partial charge in [0.15, 0.2) is 0 Å². The summed E-state index contributed by atoms with van der Waals surface area (Å²) in [4.78, 5) is 0. The van der Waals surface area contributed by atoms with Gasteiger partial charge in [-0.05, 0) is 18.2 Å². The first-order chi connectivity index (χ1) is 8.36. The van der Waals surface area contributed by atoms with Gasteiger partial charge in [-0.1, -0.05) is 60.7 Å². The molecule has 90 valence electrons. The number of benzene rings is 2. The fraction of sp³-hybridized carbons (Fsp3) is 0.200. The van der Waals surface area contributed by atoms with E-state index in [0.29, 0.717) is 6.42 Å². The van der Waals surface area contributed by atoms with Gasteiger partial charge in [0.1, 0.15) is 0 Å². The molecule has 17 heavy (non-hydrogen) atoms. The van der Waals surface area contributed by atoms with Gasteiger partial charge in [0.25, 0.3) is 0 Å². The van der Waals surface area contributed by atoms with Gasteiger partial charge in [0.05, 0.1) is 6.10 Å². The van der Waals surface area contributed by atoms with Crippen LogP contribution in [0.5, 0.6) is 0 Å². The van der Waals surface area contributed by atoms with Crippen molar-refractivity contribution in [3.05, 3.63) is 71.8 Å². The van der Waals surface area contributed by atoms with E-state index in [2.05, 4.69) is 5.73 Å². The minimum atomic E-state index is -0.409. The molecular formula is C15H19NO. The van der Waals surface area contributed by atoms with E-state index < -0.39 is 6.10 Å². The van der Waals surface area contributed by atoms with Crippen molar-refractivity contribution in [3.8, 4) is 0 Å². The van der Waals surface area contributed by atoms with E-state index in [-0.39, 0.29) is 0 Å². The molecule has 2 aromatic rings. The summed E-state index contributed by atoms with van der Waals surface area (Å²) in [5.74, 6) is 0. The van der Waals surface area contributed by atoms with Crippen LogP contribution in [0, 0.1) is 0 Å². The summed E-state index contributed by atoms with van der Waals surface area (Å²) in [6.07, 6.45) is 0.263. The average Bonchev–Trinajstić information content (AvgIpc) is 2.43. The van der Waals surface area contributed by atoms with Crippen LogP contribution in [0.4, 0.5) is 0 Å². The summed E-state index contributed by atoms with van der Waals surface area (Å²) in [6, 6.07) is 19.8. The highest BCUT2D eigenvalue weighted by Gasteiger charge is 2.06. The van der Waals surface area contributed by atoms with E-state index in [4.69, 9.17) is 0 Å². The summed E-state index contributed by atoms with van der Waals surface area (Å²) in [5.41, 5.74) is 6.63. The van der Waals surface area contributed by atoms with Gasteiger partial charge in [-0.2, -0.15) is 0 Å². The monoisotopic (exact) mass is 229 g/mol.